The van der Waals surface area contributed by atoms with Gasteiger partial charge in [-0.05, 0) is 18.6 Å². The number of para-hydroxylation sites is 1. The van der Waals surface area contributed by atoms with E-state index in [2.05, 4.69) is 10.6 Å². The molecule has 1 rings (SSSR count). The third-order valence-corrected chi connectivity index (χ3v) is 2.59. The van der Waals surface area contributed by atoms with Crippen LogP contribution in [-0.4, -0.2) is 24.9 Å². The Balaban J connectivity index is 3.17. The summed E-state index contributed by atoms with van der Waals surface area (Å²) in [5.74, 6) is -1.57. The number of hydrogen-bond acceptors (Lipinski definition) is 3. The zero-order chi connectivity index (χ0) is 16.0. The minimum Gasteiger partial charge on any atom is -0.384 e. The van der Waals surface area contributed by atoms with Gasteiger partial charge < -0.3 is 16.4 Å². The standard InChI is InChI=1S/C13H16F3N3O2/c1-2-6-18-11-8(12(21)19-7-10(17)20)4-3-5-9(11)13(14,15)16/h3-5,18H,2,6-7H2,1H3,(H2,17,20)(H,19,21). The predicted octanol–water partition coefficient (Wildman–Crippen LogP) is 1.74. The number of rotatable bonds is 6. The third kappa shape index (κ3) is 4.66. The van der Waals surface area contributed by atoms with E-state index in [1.165, 1.54) is 6.07 Å². The van der Waals surface area contributed by atoms with Crippen LogP contribution in [0.15, 0.2) is 18.2 Å². The normalized spacial score (nSPS) is 11.0. The number of alkyl halides is 3. The monoisotopic (exact) mass is 303 g/mol. The van der Waals surface area contributed by atoms with E-state index in [-0.39, 0.29) is 17.8 Å². The first-order chi connectivity index (χ1) is 9.77. The van der Waals surface area contributed by atoms with E-state index in [0.717, 1.165) is 12.1 Å². The summed E-state index contributed by atoms with van der Waals surface area (Å²) in [6, 6.07) is 3.28. The Morgan fingerprint density at radius 3 is 2.48 bits per heavy atom. The summed E-state index contributed by atoms with van der Waals surface area (Å²) in [6.45, 7) is 1.63. The van der Waals surface area contributed by atoms with Crippen LogP contribution in [-0.2, 0) is 11.0 Å². The van der Waals surface area contributed by atoms with Crippen molar-refractivity contribution in [2.45, 2.75) is 19.5 Å². The topological polar surface area (TPSA) is 84.2 Å². The molecule has 1 aromatic carbocycles. The van der Waals surface area contributed by atoms with Gasteiger partial charge in [0.05, 0.1) is 23.4 Å². The molecule has 116 valence electrons. The van der Waals surface area contributed by atoms with Gasteiger partial charge in [0.1, 0.15) is 0 Å². The van der Waals surface area contributed by atoms with E-state index in [1.54, 1.807) is 6.92 Å². The summed E-state index contributed by atoms with van der Waals surface area (Å²) < 4.78 is 39.0. The second-order valence-corrected chi connectivity index (χ2v) is 4.30. The van der Waals surface area contributed by atoms with Crippen molar-refractivity contribution < 1.29 is 22.8 Å². The van der Waals surface area contributed by atoms with Crippen LogP contribution in [0.25, 0.3) is 0 Å². The molecule has 0 unspecified atom stereocenters. The van der Waals surface area contributed by atoms with Gasteiger partial charge >= 0.3 is 6.18 Å². The van der Waals surface area contributed by atoms with Gasteiger partial charge in [-0.2, -0.15) is 13.2 Å². The predicted molar refractivity (Wildman–Crippen MR) is 71.8 cm³/mol. The van der Waals surface area contributed by atoms with Crippen LogP contribution in [0.3, 0.4) is 0 Å². The highest BCUT2D eigenvalue weighted by atomic mass is 19.4. The Morgan fingerprint density at radius 2 is 1.95 bits per heavy atom. The van der Waals surface area contributed by atoms with Crippen molar-refractivity contribution in [3.05, 3.63) is 29.3 Å². The van der Waals surface area contributed by atoms with E-state index in [1.807, 2.05) is 0 Å². The van der Waals surface area contributed by atoms with Crippen molar-refractivity contribution in [1.29, 1.82) is 0 Å². The summed E-state index contributed by atoms with van der Waals surface area (Å²) in [5.41, 5.74) is 3.48. The molecule has 0 radical (unpaired) electrons. The Kier molecular flexibility index (Phi) is 5.57. The quantitative estimate of drug-likeness (QED) is 0.748. The number of carbonyl (C=O) groups excluding carboxylic acids is 2. The lowest BCUT2D eigenvalue weighted by Crippen LogP contribution is -2.34. The van der Waals surface area contributed by atoms with Crippen molar-refractivity contribution in [2.24, 2.45) is 5.73 Å². The molecule has 0 heterocycles. The first-order valence-electron chi connectivity index (χ1n) is 6.28. The van der Waals surface area contributed by atoms with E-state index in [0.29, 0.717) is 6.42 Å². The fraction of sp³-hybridized carbons (Fsp3) is 0.385. The molecule has 21 heavy (non-hydrogen) atoms. The number of nitrogens with two attached hydrogens (primary N) is 1. The Bertz CT molecular complexity index is 530. The van der Waals surface area contributed by atoms with Crippen LogP contribution < -0.4 is 16.4 Å². The largest absolute Gasteiger partial charge is 0.418 e. The van der Waals surface area contributed by atoms with E-state index in [4.69, 9.17) is 5.73 Å². The lowest BCUT2D eigenvalue weighted by molar-refractivity contribution is -0.137. The highest BCUT2D eigenvalue weighted by Gasteiger charge is 2.35. The van der Waals surface area contributed by atoms with Crippen LogP contribution in [0.4, 0.5) is 18.9 Å². The van der Waals surface area contributed by atoms with Crippen LogP contribution in [0.5, 0.6) is 0 Å². The highest BCUT2D eigenvalue weighted by molar-refractivity contribution is 6.01. The van der Waals surface area contributed by atoms with Crippen molar-refractivity contribution in [1.82, 2.24) is 5.32 Å². The Labute approximate surface area is 119 Å². The molecule has 2 amide bonds. The molecule has 5 nitrogen and oxygen atoms in total. The van der Waals surface area contributed by atoms with Gasteiger partial charge in [-0.3, -0.25) is 9.59 Å². The SMILES string of the molecule is CCCNc1c(C(=O)NCC(N)=O)cccc1C(F)(F)F. The van der Waals surface area contributed by atoms with Crippen LogP contribution in [0.1, 0.15) is 29.3 Å². The van der Waals surface area contributed by atoms with E-state index < -0.39 is 30.1 Å². The minimum absolute atomic E-state index is 0.181. The number of hydrogen-bond donors (Lipinski definition) is 3. The van der Waals surface area contributed by atoms with Gasteiger partial charge in [-0.15, -0.1) is 0 Å². The minimum atomic E-state index is -4.59. The molecule has 0 spiro atoms. The van der Waals surface area contributed by atoms with Crippen molar-refractivity contribution in [2.75, 3.05) is 18.4 Å². The van der Waals surface area contributed by atoms with Gasteiger partial charge in [0.25, 0.3) is 5.91 Å². The summed E-state index contributed by atoms with van der Waals surface area (Å²) in [6.07, 6.45) is -4.00. The summed E-state index contributed by atoms with van der Waals surface area (Å²) in [4.78, 5) is 22.5. The van der Waals surface area contributed by atoms with E-state index in [9.17, 15) is 22.8 Å². The number of carbonyl (C=O) groups is 2. The maximum absolute atomic E-state index is 13.0. The number of benzene rings is 1. The fourth-order valence-electron chi connectivity index (χ4n) is 1.68. The molecule has 4 N–H and O–H groups in total. The smallest absolute Gasteiger partial charge is 0.384 e. The summed E-state index contributed by atoms with van der Waals surface area (Å²) in [7, 11) is 0. The number of anilines is 1. The molecular formula is C13H16F3N3O2. The molecule has 0 aliphatic heterocycles. The van der Waals surface area contributed by atoms with Gasteiger partial charge in [-0.25, -0.2) is 0 Å². The first-order valence-corrected chi connectivity index (χ1v) is 6.28. The maximum Gasteiger partial charge on any atom is 0.418 e. The third-order valence-electron chi connectivity index (χ3n) is 2.59. The van der Waals surface area contributed by atoms with Gasteiger partial charge in [-0.1, -0.05) is 13.0 Å². The Hall–Kier alpha value is -2.25. The molecule has 0 fully saturated rings. The molecule has 1 aromatic rings. The number of amides is 2. The second kappa shape index (κ2) is 6.96. The molecule has 0 aliphatic carbocycles. The maximum atomic E-state index is 13.0. The number of nitrogens with one attached hydrogen (secondary N) is 2. The summed E-state index contributed by atoms with van der Waals surface area (Å²) >= 11 is 0. The number of primary amides is 1. The van der Waals surface area contributed by atoms with Gasteiger partial charge in [0, 0.05) is 6.54 Å². The van der Waals surface area contributed by atoms with Gasteiger partial charge in [0.15, 0.2) is 0 Å². The van der Waals surface area contributed by atoms with E-state index >= 15 is 0 Å². The van der Waals surface area contributed by atoms with Crippen molar-refractivity contribution in [3.63, 3.8) is 0 Å². The fourth-order valence-corrected chi connectivity index (χ4v) is 1.68. The zero-order valence-corrected chi connectivity index (χ0v) is 11.4. The van der Waals surface area contributed by atoms with Gasteiger partial charge in [0.2, 0.25) is 5.91 Å². The second-order valence-electron chi connectivity index (χ2n) is 4.30. The van der Waals surface area contributed by atoms with Crippen LogP contribution >= 0.6 is 0 Å². The molecule has 0 saturated carbocycles. The average Bonchev–Trinajstić information content (AvgIpc) is 2.41. The van der Waals surface area contributed by atoms with Crippen LogP contribution in [0, 0.1) is 0 Å². The summed E-state index contributed by atoms with van der Waals surface area (Å²) in [5, 5.41) is 4.78. The lowest BCUT2D eigenvalue weighted by atomic mass is 10.1. The van der Waals surface area contributed by atoms with Crippen LogP contribution in [0.2, 0.25) is 0 Å². The highest BCUT2D eigenvalue weighted by Crippen LogP contribution is 2.36. The molecule has 8 heteroatoms. The number of halogens is 3. The lowest BCUT2D eigenvalue weighted by Gasteiger charge is -2.17. The average molecular weight is 303 g/mol. The zero-order valence-electron chi connectivity index (χ0n) is 11.4. The molecule has 0 atom stereocenters. The first kappa shape index (κ1) is 16.8. The molecular weight excluding hydrogens is 287 g/mol. The molecule has 0 saturated heterocycles. The Morgan fingerprint density at radius 1 is 1.29 bits per heavy atom. The molecule has 0 aliphatic rings. The molecule has 0 aromatic heterocycles. The molecule has 0 bridgehead atoms. The van der Waals surface area contributed by atoms with Crippen molar-refractivity contribution >= 4 is 17.5 Å². The van der Waals surface area contributed by atoms with Crippen molar-refractivity contribution in [3.8, 4) is 0 Å².